The molecule has 1 saturated heterocycles. The van der Waals surface area contributed by atoms with Crippen molar-refractivity contribution < 1.29 is 9.53 Å². The molecule has 23 heavy (non-hydrogen) atoms. The lowest BCUT2D eigenvalue weighted by atomic mass is 10.1. The zero-order valence-corrected chi connectivity index (χ0v) is 15.1. The number of hydrogen-bond acceptors (Lipinski definition) is 4. The highest BCUT2D eigenvalue weighted by molar-refractivity contribution is 5.68. The van der Waals surface area contributed by atoms with Crippen molar-refractivity contribution in [3.8, 4) is 0 Å². The molecule has 0 aliphatic carbocycles. The first-order valence-electron chi connectivity index (χ1n) is 8.45. The first-order valence-corrected chi connectivity index (χ1v) is 8.45. The normalized spacial score (nSPS) is 19.5. The van der Waals surface area contributed by atoms with Crippen LogP contribution in [0.25, 0.3) is 0 Å². The Kier molecular flexibility index (Phi) is 5.68. The molecule has 2 rings (SSSR count). The summed E-state index contributed by atoms with van der Waals surface area (Å²) < 4.78 is 7.40. The fourth-order valence-electron chi connectivity index (χ4n) is 2.77. The van der Waals surface area contributed by atoms with Crippen molar-refractivity contribution in [3.63, 3.8) is 0 Å². The van der Waals surface area contributed by atoms with Crippen molar-refractivity contribution in [1.82, 2.24) is 20.0 Å². The van der Waals surface area contributed by atoms with Crippen molar-refractivity contribution in [2.24, 2.45) is 7.05 Å². The van der Waals surface area contributed by atoms with Gasteiger partial charge in [-0.2, -0.15) is 5.10 Å². The fourth-order valence-corrected chi connectivity index (χ4v) is 2.77. The summed E-state index contributed by atoms with van der Waals surface area (Å²) in [4.78, 5) is 14.1. The first-order chi connectivity index (χ1) is 10.8. The molecule has 1 N–H and O–H groups in total. The van der Waals surface area contributed by atoms with Crippen LogP contribution < -0.4 is 5.32 Å². The van der Waals surface area contributed by atoms with Crippen molar-refractivity contribution in [3.05, 3.63) is 17.5 Å². The van der Waals surface area contributed by atoms with Gasteiger partial charge >= 0.3 is 6.09 Å². The third kappa shape index (κ3) is 5.23. The maximum atomic E-state index is 12.3. The molecule has 1 aromatic rings. The smallest absolute Gasteiger partial charge is 0.410 e. The average molecular weight is 322 g/mol. The minimum atomic E-state index is -0.445. The number of nitrogens with one attached hydrogen (secondary N) is 1. The van der Waals surface area contributed by atoms with Crippen LogP contribution in [0.2, 0.25) is 0 Å². The Hall–Kier alpha value is -1.56. The van der Waals surface area contributed by atoms with Gasteiger partial charge in [-0.15, -0.1) is 0 Å². The monoisotopic (exact) mass is 322 g/mol. The van der Waals surface area contributed by atoms with Crippen molar-refractivity contribution in [2.45, 2.75) is 65.1 Å². The van der Waals surface area contributed by atoms with E-state index in [1.165, 1.54) is 11.3 Å². The van der Waals surface area contributed by atoms with E-state index in [0.29, 0.717) is 12.6 Å². The van der Waals surface area contributed by atoms with E-state index in [4.69, 9.17) is 4.74 Å². The summed E-state index contributed by atoms with van der Waals surface area (Å²) in [5.41, 5.74) is 1.94. The van der Waals surface area contributed by atoms with Gasteiger partial charge in [-0.05, 0) is 40.5 Å². The Labute approximate surface area is 139 Å². The molecule has 0 spiro atoms. The Bertz CT molecular complexity index is 533. The van der Waals surface area contributed by atoms with Crippen LogP contribution in [0.15, 0.2) is 6.20 Å². The second kappa shape index (κ2) is 7.34. The molecule has 2 heterocycles. The largest absolute Gasteiger partial charge is 0.444 e. The second-order valence-corrected chi connectivity index (χ2v) is 7.38. The van der Waals surface area contributed by atoms with Crippen LogP contribution in [0.5, 0.6) is 0 Å². The SMILES string of the molecule is Cc1c(CNC2CCCCN(C(=O)OC(C)(C)C)C2)cnn1C. The van der Waals surface area contributed by atoms with Gasteiger partial charge in [0.25, 0.3) is 0 Å². The van der Waals surface area contributed by atoms with E-state index >= 15 is 0 Å². The summed E-state index contributed by atoms with van der Waals surface area (Å²) in [6, 6.07) is 0.296. The van der Waals surface area contributed by atoms with Crippen LogP contribution in [0.1, 0.15) is 51.3 Å². The zero-order chi connectivity index (χ0) is 17.0. The van der Waals surface area contributed by atoms with Gasteiger partial charge in [0.1, 0.15) is 5.60 Å². The molecule has 1 aliphatic rings. The van der Waals surface area contributed by atoms with Gasteiger partial charge in [-0.3, -0.25) is 4.68 Å². The lowest BCUT2D eigenvalue weighted by Gasteiger charge is -2.28. The predicted molar refractivity (Wildman–Crippen MR) is 90.2 cm³/mol. The number of carbonyl (C=O) groups excluding carboxylic acids is 1. The summed E-state index contributed by atoms with van der Waals surface area (Å²) in [7, 11) is 1.95. The number of rotatable bonds is 3. The number of ether oxygens (including phenoxy) is 1. The fraction of sp³-hybridized carbons (Fsp3) is 0.765. The number of likely N-dealkylation sites (tertiary alicyclic amines) is 1. The molecule has 0 saturated carbocycles. The van der Waals surface area contributed by atoms with Crippen LogP contribution in [0, 0.1) is 6.92 Å². The second-order valence-electron chi connectivity index (χ2n) is 7.38. The Morgan fingerprint density at radius 3 is 2.78 bits per heavy atom. The average Bonchev–Trinajstić information content (AvgIpc) is 2.67. The molecular weight excluding hydrogens is 292 g/mol. The van der Waals surface area contributed by atoms with E-state index in [2.05, 4.69) is 17.3 Å². The summed E-state index contributed by atoms with van der Waals surface area (Å²) in [5.74, 6) is 0. The summed E-state index contributed by atoms with van der Waals surface area (Å²) in [5, 5.41) is 7.85. The molecule has 6 heteroatoms. The van der Waals surface area contributed by atoms with E-state index in [1.54, 1.807) is 0 Å². The minimum Gasteiger partial charge on any atom is -0.444 e. The lowest BCUT2D eigenvalue weighted by molar-refractivity contribution is 0.0243. The summed E-state index contributed by atoms with van der Waals surface area (Å²) in [6.45, 7) is 10.1. The van der Waals surface area contributed by atoms with E-state index in [1.807, 2.05) is 43.6 Å². The maximum absolute atomic E-state index is 12.3. The number of amides is 1. The van der Waals surface area contributed by atoms with Gasteiger partial charge in [-0.1, -0.05) is 6.42 Å². The van der Waals surface area contributed by atoms with E-state index in [9.17, 15) is 4.79 Å². The van der Waals surface area contributed by atoms with Crippen molar-refractivity contribution >= 4 is 6.09 Å². The molecule has 1 atom stereocenters. The quantitative estimate of drug-likeness (QED) is 0.929. The van der Waals surface area contributed by atoms with Crippen LogP contribution in [0.4, 0.5) is 4.79 Å². The minimum absolute atomic E-state index is 0.205. The predicted octanol–water partition coefficient (Wildman–Crippen LogP) is 2.61. The van der Waals surface area contributed by atoms with E-state index < -0.39 is 5.60 Å². The number of carbonyl (C=O) groups is 1. The molecule has 1 unspecified atom stereocenters. The highest BCUT2D eigenvalue weighted by Crippen LogP contribution is 2.16. The van der Waals surface area contributed by atoms with Gasteiger partial charge in [0.15, 0.2) is 0 Å². The first kappa shape index (κ1) is 17.8. The van der Waals surface area contributed by atoms with Crippen molar-refractivity contribution in [2.75, 3.05) is 13.1 Å². The summed E-state index contributed by atoms with van der Waals surface area (Å²) in [6.07, 6.45) is 4.94. The molecule has 1 aliphatic heterocycles. The Morgan fingerprint density at radius 1 is 1.43 bits per heavy atom. The maximum Gasteiger partial charge on any atom is 0.410 e. The topological polar surface area (TPSA) is 59.4 Å². The molecule has 1 fully saturated rings. The van der Waals surface area contributed by atoms with Crippen LogP contribution in [-0.2, 0) is 18.3 Å². The van der Waals surface area contributed by atoms with Crippen LogP contribution >= 0.6 is 0 Å². The number of nitrogens with zero attached hydrogens (tertiary/aromatic N) is 3. The van der Waals surface area contributed by atoms with Crippen LogP contribution in [0.3, 0.4) is 0 Å². The van der Waals surface area contributed by atoms with Gasteiger partial charge in [0.2, 0.25) is 0 Å². The van der Waals surface area contributed by atoms with Crippen molar-refractivity contribution in [1.29, 1.82) is 0 Å². The third-order valence-corrected chi connectivity index (χ3v) is 4.24. The highest BCUT2D eigenvalue weighted by atomic mass is 16.6. The highest BCUT2D eigenvalue weighted by Gasteiger charge is 2.26. The molecule has 1 aromatic heterocycles. The lowest BCUT2D eigenvalue weighted by Crippen LogP contribution is -2.44. The van der Waals surface area contributed by atoms with Crippen LogP contribution in [-0.4, -0.2) is 45.5 Å². The molecule has 0 bridgehead atoms. The van der Waals surface area contributed by atoms with Gasteiger partial charge in [0, 0.05) is 44.0 Å². The molecule has 0 radical (unpaired) electrons. The van der Waals surface area contributed by atoms with Gasteiger partial charge in [0.05, 0.1) is 6.20 Å². The summed E-state index contributed by atoms with van der Waals surface area (Å²) >= 11 is 0. The zero-order valence-electron chi connectivity index (χ0n) is 15.1. The van der Waals surface area contributed by atoms with E-state index in [-0.39, 0.29) is 6.09 Å². The molecule has 0 aromatic carbocycles. The molecule has 130 valence electrons. The van der Waals surface area contributed by atoms with E-state index in [0.717, 1.165) is 32.4 Å². The van der Waals surface area contributed by atoms with Gasteiger partial charge < -0.3 is 15.0 Å². The molecule has 6 nitrogen and oxygen atoms in total. The third-order valence-electron chi connectivity index (χ3n) is 4.24. The van der Waals surface area contributed by atoms with Gasteiger partial charge in [-0.25, -0.2) is 4.79 Å². The Balaban J connectivity index is 1.91. The number of aromatic nitrogens is 2. The standard InChI is InChI=1S/C17H30N4O2/c1-13-14(11-19-20(13)5)10-18-15-8-6-7-9-21(12-15)16(22)23-17(2,3)4/h11,15,18H,6-10,12H2,1-5H3. The number of aryl methyl sites for hydroxylation is 1. The molecular formula is C17H30N4O2. The Morgan fingerprint density at radius 2 is 2.17 bits per heavy atom. The molecule has 1 amide bonds. The number of hydrogen-bond donors (Lipinski definition) is 1.